The van der Waals surface area contributed by atoms with Gasteiger partial charge in [0.25, 0.3) is 0 Å². The number of rotatable bonds is 2. The van der Waals surface area contributed by atoms with Crippen molar-refractivity contribution in [3.8, 4) is 0 Å². The van der Waals surface area contributed by atoms with Gasteiger partial charge in [0.2, 0.25) is 0 Å². The number of carbonyl (C=O) groups excluding carboxylic acids is 1. The van der Waals surface area contributed by atoms with E-state index in [0.29, 0.717) is 12.1 Å². The first-order chi connectivity index (χ1) is 14.8. The highest BCUT2D eigenvalue weighted by Gasteiger charge is 2.27. The molecule has 0 unspecified atom stereocenters. The van der Waals surface area contributed by atoms with E-state index < -0.39 is 49.2 Å². The summed E-state index contributed by atoms with van der Waals surface area (Å²) >= 11 is 0. The molecule has 1 amide bonds. The summed E-state index contributed by atoms with van der Waals surface area (Å²) in [6.45, 7) is -7.66. The number of fused-ring (bicyclic) bond motifs is 1. The average Bonchev–Trinajstić information content (AvgIpc) is 3.00. The van der Waals surface area contributed by atoms with Gasteiger partial charge < -0.3 is 14.5 Å². The molecular weight excluding hydrogens is 323 g/mol. The van der Waals surface area contributed by atoms with Crippen LogP contribution in [0.5, 0.6) is 0 Å². The van der Waals surface area contributed by atoms with Crippen LogP contribution in [0.2, 0.25) is 0 Å². The fourth-order valence-corrected chi connectivity index (χ4v) is 2.17. The second-order valence-electron chi connectivity index (χ2n) is 6.46. The highest BCUT2D eigenvalue weighted by atomic mass is 19.1. The molecule has 0 aliphatic carbocycles. The van der Waals surface area contributed by atoms with Crippen molar-refractivity contribution in [1.29, 1.82) is 0 Å². The lowest BCUT2D eigenvalue weighted by molar-refractivity contribution is 0.0240. The van der Waals surface area contributed by atoms with E-state index in [1.165, 1.54) is 25.3 Å². The molecule has 0 aromatic carbocycles. The topological polar surface area (TPSA) is 50.1 Å². The summed E-state index contributed by atoms with van der Waals surface area (Å²) in [6.07, 6.45) is -0.203. The van der Waals surface area contributed by atoms with Gasteiger partial charge in [-0.05, 0) is 39.3 Å². The van der Waals surface area contributed by atoms with Gasteiger partial charge in [-0.3, -0.25) is 0 Å². The van der Waals surface area contributed by atoms with E-state index in [1.54, 1.807) is 6.07 Å². The minimum Gasteiger partial charge on any atom is -0.444 e. The lowest BCUT2D eigenvalue weighted by Crippen LogP contribution is -2.50. The summed E-state index contributed by atoms with van der Waals surface area (Å²) in [5, 5.41) is 4.13. The Hall–Kier alpha value is -2.31. The van der Waals surface area contributed by atoms with E-state index in [1.807, 2.05) is 6.92 Å². The van der Waals surface area contributed by atoms with Crippen LogP contribution in [0.1, 0.15) is 44.4 Å². The van der Waals surface area contributed by atoms with E-state index in [9.17, 15) is 4.79 Å². The third-order valence-corrected chi connectivity index (χ3v) is 3.31. The van der Waals surface area contributed by atoms with E-state index >= 15 is 4.39 Å². The second kappa shape index (κ2) is 6.54. The fourth-order valence-electron chi connectivity index (χ4n) is 2.17. The monoisotopic (exact) mass is 356 g/mol. The standard InChI is InChI=1S/C18H25FN4O2/c1-5-13-10-14-11-16(15(19)12-23(14)20-13)21-6-8-22(9-7-21)17(24)25-18(2,3)4/h10-12H,5-9H2,1-4H3/i6D2,7D2,8D2,9D2. The maximum Gasteiger partial charge on any atom is 0.410 e. The van der Waals surface area contributed by atoms with Gasteiger partial charge in [0.1, 0.15) is 5.60 Å². The zero-order valence-electron chi connectivity index (χ0n) is 22.4. The number of hydrogen-bond acceptors (Lipinski definition) is 4. The first-order valence-electron chi connectivity index (χ1n) is 11.8. The van der Waals surface area contributed by atoms with Crippen molar-refractivity contribution in [3.63, 3.8) is 0 Å². The molecule has 6 nitrogen and oxygen atoms in total. The molecule has 1 aliphatic heterocycles. The van der Waals surface area contributed by atoms with Crippen LogP contribution in [0.25, 0.3) is 5.52 Å². The van der Waals surface area contributed by atoms with Crippen molar-refractivity contribution < 1.29 is 24.9 Å². The molecule has 2 aromatic rings. The first kappa shape index (κ1) is 9.99. The van der Waals surface area contributed by atoms with Gasteiger partial charge in [-0.2, -0.15) is 5.10 Å². The van der Waals surface area contributed by atoms with Gasteiger partial charge in [0, 0.05) is 26.0 Å². The summed E-state index contributed by atoms with van der Waals surface area (Å²) in [4.78, 5) is 12.6. The summed E-state index contributed by atoms with van der Waals surface area (Å²) < 4.78 is 88.4. The predicted molar refractivity (Wildman–Crippen MR) is 94.5 cm³/mol. The first-order valence-corrected chi connectivity index (χ1v) is 7.80. The summed E-state index contributed by atoms with van der Waals surface area (Å²) in [6, 6.07) is 2.63. The van der Waals surface area contributed by atoms with Gasteiger partial charge in [-0.1, -0.05) is 6.92 Å². The van der Waals surface area contributed by atoms with Crippen LogP contribution in [-0.4, -0.2) is 52.2 Å². The highest BCUT2D eigenvalue weighted by molar-refractivity contribution is 5.69. The van der Waals surface area contributed by atoms with Crippen LogP contribution in [0, 0.1) is 5.82 Å². The van der Waals surface area contributed by atoms with E-state index in [0.717, 1.165) is 12.3 Å². The largest absolute Gasteiger partial charge is 0.444 e. The molecule has 1 fully saturated rings. The number of hydrogen-bond donors (Lipinski definition) is 0. The number of ether oxygens (including phenoxy) is 1. The number of aromatic nitrogens is 2. The normalized spacial score (nSPS) is 28.5. The maximum atomic E-state index is 15.1. The quantitative estimate of drug-likeness (QED) is 0.830. The van der Waals surface area contributed by atoms with Gasteiger partial charge in [-0.25, -0.2) is 13.7 Å². The van der Waals surface area contributed by atoms with Gasteiger partial charge in [0.05, 0.1) is 34.1 Å². The second-order valence-corrected chi connectivity index (χ2v) is 6.46. The Balaban J connectivity index is 2.24. The minimum absolute atomic E-state index is 0.0643. The number of piperazine rings is 1. The summed E-state index contributed by atoms with van der Waals surface area (Å²) in [7, 11) is 0. The minimum atomic E-state index is -3.47. The Labute approximate surface area is 158 Å². The van der Waals surface area contributed by atoms with Crippen LogP contribution in [0.4, 0.5) is 14.9 Å². The molecule has 1 aliphatic rings. The summed E-state index contributed by atoms with van der Waals surface area (Å²) in [5.41, 5.74) is -1.07. The van der Waals surface area contributed by atoms with Crippen LogP contribution in [0.15, 0.2) is 18.3 Å². The number of nitrogens with zero attached hydrogens (tertiary/aromatic N) is 4. The van der Waals surface area contributed by atoms with Gasteiger partial charge in [0.15, 0.2) is 5.82 Å². The Morgan fingerprint density at radius 1 is 1.32 bits per heavy atom. The Kier molecular flexibility index (Phi) is 2.61. The number of anilines is 1. The molecule has 3 rings (SSSR count). The van der Waals surface area contributed by atoms with Gasteiger partial charge >= 0.3 is 6.09 Å². The molecule has 136 valence electrons. The smallest absolute Gasteiger partial charge is 0.410 e. The van der Waals surface area contributed by atoms with Crippen LogP contribution < -0.4 is 4.90 Å². The number of aryl methyl sites for hydroxylation is 1. The summed E-state index contributed by atoms with van der Waals surface area (Å²) in [5.74, 6) is -1.15. The molecule has 1 saturated heterocycles. The molecule has 0 radical (unpaired) electrons. The van der Waals surface area contributed by atoms with Crippen molar-refractivity contribution in [3.05, 3.63) is 29.8 Å². The zero-order valence-corrected chi connectivity index (χ0v) is 14.4. The van der Waals surface area contributed by atoms with Crippen molar-refractivity contribution in [2.24, 2.45) is 0 Å². The maximum absolute atomic E-state index is 15.1. The number of carbonyl (C=O) groups is 1. The highest BCUT2D eigenvalue weighted by Crippen LogP contribution is 2.24. The average molecular weight is 356 g/mol. The van der Waals surface area contributed by atoms with E-state index in [-0.39, 0.29) is 15.3 Å². The molecule has 0 spiro atoms. The Morgan fingerprint density at radius 2 is 2.00 bits per heavy atom. The molecule has 0 atom stereocenters. The predicted octanol–water partition coefficient (Wildman–Crippen LogP) is 3.09. The van der Waals surface area contributed by atoms with Crippen LogP contribution >= 0.6 is 0 Å². The van der Waals surface area contributed by atoms with Gasteiger partial charge in [-0.15, -0.1) is 0 Å². The van der Waals surface area contributed by atoms with E-state index in [2.05, 4.69) is 5.10 Å². The Bertz CT molecular complexity index is 1070. The third kappa shape index (κ3) is 3.86. The molecule has 7 heteroatoms. The third-order valence-electron chi connectivity index (χ3n) is 3.31. The zero-order chi connectivity index (χ0) is 25.4. The SMILES string of the molecule is [2H]C1([2H])N(C(=O)OC(C)(C)C)C([2H])([2H])C([2H])([2H])N(c2cc3cc(CC)nn3cc2F)C1([2H])[2H]. The number of halogens is 1. The van der Waals surface area contributed by atoms with Crippen molar-refractivity contribution in [2.75, 3.05) is 30.9 Å². The van der Waals surface area contributed by atoms with Crippen LogP contribution in [-0.2, 0) is 11.2 Å². The molecule has 0 bridgehead atoms. The molecule has 2 aromatic heterocycles. The molecule has 3 heterocycles. The molecule has 0 saturated carbocycles. The van der Waals surface area contributed by atoms with E-state index in [4.69, 9.17) is 15.7 Å². The van der Waals surface area contributed by atoms with Crippen molar-refractivity contribution in [1.82, 2.24) is 14.5 Å². The van der Waals surface area contributed by atoms with Crippen molar-refractivity contribution >= 4 is 17.3 Å². The molecule has 25 heavy (non-hydrogen) atoms. The lowest BCUT2D eigenvalue weighted by atomic mass is 10.2. The Morgan fingerprint density at radius 3 is 2.60 bits per heavy atom. The molecule has 0 N–H and O–H groups in total. The van der Waals surface area contributed by atoms with Crippen LogP contribution in [0.3, 0.4) is 0 Å². The molecular formula is C18H25FN4O2. The number of pyridine rings is 1. The van der Waals surface area contributed by atoms with Crippen molar-refractivity contribution in [2.45, 2.75) is 39.7 Å². The fraction of sp³-hybridized carbons (Fsp3) is 0.556. The number of amides is 1. The lowest BCUT2D eigenvalue weighted by Gasteiger charge is -2.36.